The molecule has 5 nitrogen and oxygen atoms in total. The number of hydrogen-bond donors (Lipinski definition) is 2. The molecule has 5 heteroatoms. The second kappa shape index (κ2) is 6.18. The van der Waals surface area contributed by atoms with E-state index < -0.39 is 0 Å². The van der Waals surface area contributed by atoms with Crippen LogP contribution < -0.4 is 16.2 Å². The molecular formula is C16H29N5. The first-order valence-corrected chi connectivity index (χ1v) is 7.96. The summed E-state index contributed by atoms with van der Waals surface area (Å²) in [4.78, 5) is 11.8. The summed E-state index contributed by atoms with van der Waals surface area (Å²) < 4.78 is 0. The molecule has 3 N–H and O–H groups in total. The smallest absolute Gasteiger partial charge is 0.148 e. The zero-order chi connectivity index (χ0) is 15.7. The third-order valence-corrected chi connectivity index (χ3v) is 4.66. The second-order valence-electron chi connectivity index (χ2n) is 6.89. The average molecular weight is 291 g/mol. The third kappa shape index (κ3) is 3.12. The van der Waals surface area contributed by atoms with Gasteiger partial charge in [0.05, 0.1) is 0 Å². The van der Waals surface area contributed by atoms with Gasteiger partial charge in [0.15, 0.2) is 0 Å². The summed E-state index contributed by atoms with van der Waals surface area (Å²) in [5.41, 5.74) is 3.77. The quantitative estimate of drug-likeness (QED) is 0.662. The molecule has 0 amide bonds. The molecule has 3 unspecified atom stereocenters. The van der Waals surface area contributed by atoms with Crippen LogP contribution in [0.5, 0.6) is 0 Å². The van der Waals surface area contributed by atoms with Crippen LogP contribution in [0.3, 0.4) is 0 Å². The molecule has 1 aliphatic rings. The number of nitrogens with zero attached hydrogens (tertiary/aromatic N) is 3. The standard InChI is InChI=1S/C16H29N5/c1-9(2)14-18-15(20-17)12(5)16(19-14)21-8-10(3)7-11(4)13(21)6/h9-11,13H,7-8,17H2,1-6H3,(H,18,19,20). The Hall–Kier alpha value is -1.36. The number of anilines is 2. The Labute approximate surface area is 128 Å². The molecule has 1 aromatic rings. The maximum atomic E-state index is 5.65. The lowest BCUT2D eigenvalue weighted by Gasteiger charge is -2.42. The van der Waals surface area contributed by atoms with Crippen LogP contribution in [-0.2, 0) is 0 Å². The van der Waals surface area contributed by atoms with Gasteiger partial charge in [0.1, 0.15) is 17.5 Å². The highest BCUT2D eigenvalue weighted by atomic mass is 15.3. The van der Waals surface area contributed by atoms with Crippen molar-refractivity contribution in [1.82, 2.24) is 9.97 Å². The van der Waals surface area contributed by atoms with Crippen molar-refractivity contribution in [3.05, 3.63) is 11.4 Å². The fourth-order valence-corrected chi connectivity index (χ4v) is 3.19. The van der Waals surface area contributed by atoms with Crippen LogP contribution in [-0.4, -0.2) is 22.6 Å². The molecule has 1 fully saturated rings. The normalized spacial score (nSPS) is 26.3. The number of nitrogens with one attached hydrogen (secondary N) is 1. The Morgan fingerprint density at radius 2 is 1.90 bits per heavy atom. The minimum Gasteiger partial charge on any atom is -0.353 e. The summed E-state index contributed by atoms with van der Waals surface area (Å²) in [5.74, 6) is 9.90. The molecule has 2 rings (SSSR count). The van der Waals surface area contributed by atoms with Gasteiger partial charge in [-0.25, -0.2) is 15.8 Å². The highest BCUT2D eigenvalue weighted by Crippen LogP contribution is 2.34. The van der Waals surface area contributed by atoms with Crippen LogP contribution in [0.1, 0.15) is 58.3 Å². The first-order valence-electron chi connectivity index (χ1n) is 7.96. The van der Waals surface area contributed by atoms with Crippen LogP contribution in [0.25, 0.3) is 0 Å². The fraction of sp³-hybridized carbons (Fsp3) is 0.750. The van der Waals surface area contributed by atoms with E-state index in [-0.39, 0.29) is 5.92 Å². The van der Waals surface area contributed by atoms with Gasteiger partial charge in [0.2, 0.25) is 0 Å². The Balaban J connectivity index is 2.48. The second-order valence-corrected chi connectivity index (χ2v) is 6.89. The van der Waals surface area contributed by atoms with Crippen molar-refractivity contribution in [1.29, 1.82) is 0 Å². The monoisotopic (exact) mass is 291 g/mol. The molecule has 1 saturated heterocycles. The maximum Gasteiger partial charge on any atom is 0.148 e. The molecule has 0 aromatic carbocycles. The number of piperidine rings is 1. The number of hydrogen-bond acceptors (Lipinski definition) is 5. The van der Waals surface area contributed by atoms with Crippen molar-refractivity contribution in [3.8, 4) is 0 Å². The number of nitrogens with two attached hydrogens (primary N) is 1. The van der Waals surface area contributed by atoms with Crippen LogP contribution >= 0.6 is 0 Å². The van der Waals surface area contributed by atoms with Crippen LogP contribution in [0.2, 0.25) is 0 Å². The molecule has 0 bridgehead atoms. The Bertz CT molecular complexity index is 500. The highest BCUT2D eigenvalue weighted by Gasteiger charge is 2.31. The number of aromatic nitrogens is 2. The lowest BCUT2D eigenvalue weighted by atomic mass is 9.86. The van der Waals surface area contributed by atoms with Gasteiger partial charge in [-0.2, -0.15) is 0 Å². The van der Waals surface area contributed by atoms with Crippen molar-refractivity contribution in [2.75, 3.05) is 16.9 Å². The van der Waals surface area contributed by atoms with E-state index in [0.717, 1.165) is 29.6 Å². The lowest BCUT2D eigenvalue weighted by molar-refractivity contribution is 0.295. The molecule has 21 heavy (non-hydrogen) atoms. The fourth-order valence-electron chi connectivity index (χ4n) is 3.19. The van der Waals surface area contributed by atoms with Crippen molar-refractivity contribution in [3.63, 3.8) is 0 Å². The Morgan fingerprint density at radius 3 is 2.48 bits per heavy atom. The average Bonchev–Trinajstić information content (AvgIpc) is 2.43. The van der Waals surface area contributed by atoms with Crippen LogP contribution in [0, 0.1) is 18.8 Å². The summed E-state index contributed by atoms with van der Waals surface area (Å²) in [5, 5.41) is 0. The molecule has 0 radical (unpaired) electrons. The van der Waals surface area contributed by atoms with Crippen LogP contribution in [0.15, 0.2) is 0 Å². The van der Waals surface area contributed by atoms with Gasteiger partial charge >= 0.3 is 0 Å². The maximum absolute atomic E-state index is 5.65. The van der Waals surface area contributed by atoms with E-state index in [9.17, 15) is 0 Å². The first-order chi connectivity index (χ1) is 9.85. The van der Waals surface area contributed by atoms with Gasteiger partial charge in [-0.1, -0.05) is 27.7 Å². The van der Waals surface area contributed by atoms with Crippen LogP contribution in [0.4, 0.5) is 11.6 Å². The molecule has 3 atom stereocenters. The lowest BCUT2D eigenvalue weighted by Crippen LogP contribution is -2.46. The molecule has 1 aliphatic heterocycles. The van der Waals surface area contributed by atoms with Crippen molar-refractivity contribution in [2.24, 2.45) is 17.7 Å². The molecule has 0 spiro atoms. The summed E-state index contributed by atoms with van der Waals surface area (Å²) in [6.07, 6.45) is 1.28. The van der Waals surface area contributed by atoms with Crippen molar-refractivity contribution < 1.29 is 0 Å². The molecule has 1 aromatic heterocycles. The molecule has 2 heterocycles. The summed E-state index contributed by atoms with van der Waals surface area (Å²) in [7, 11) is 0. The van der Waals surface area contributed by atoms with E-state index in [1.807, 2.05) is 6.92 Å². The van der Waals surface area contributed by atoms with Crippen molar-refractivity contribution >= 4 is 11.6 Å². The number of hydrazine groups is 1. The zero-order valence-corrected chi connectivity index (χ0v) is 14.1. The van der Waals surface area contributed by atoms with Gasteiger partial charge in [0, 0.05) is 24.1 Å². The van der Waals surface area contributed by atoms with Gasteiger partial charge in [-0.05, 0) is 32.1 Å². The van der Waals surface area contributed by atoms with E-state index in [0.29, 0.717) is 17.9 Å². The number of rotatable bonds is 3. The van der Waals surface area contributed by atoms with E-state index >= 15 is 0 Å². The summed E-state index contributed by atoms with van der Waals surface area (Å²) in [6, 6.07) is 0.487. The van der Waals surface area contributed by atoms with Gasteiger partial charge in [-0.3, -0.25) is 0 Å². The predicted octanol–water partition coefficient (Wildman–Crippen LogP) is 3.06. The van der Waals surface area contributed by atoms with E-state index in [1.165, 1.54) is 6.42 Å². The molecular weight excluding hydrogens is 262 g/mol. The van der Waals surface area contributed by atoms with Gasteiger partial charge < -0.3 is 10.3 Å². The summed E-state index contributed by atoms with van der Waals surface area (Å²) >= 11 is 0. The molecule has 0 saturated carbocycles. The summed E-state index contributed by atoms with van der Waals surface area (Å²) in [6.45, 7) is 14.3. The predicted molar refractivity (Wildman–Crippen MR) is 88.4 cm³/mol. The van der Waals surface area contributed by atoms with Gasteiger partial charge in [-0.15, -0.1) is 0 Å². The third-order valence-electron chi connectivity index (χ3n) is 4.66. The largest absolute Gasteiger partial charge is 0.353 e. The Morgan fingerprint density at radius 1 is 1.24 bits per heavy atom. The van der Waals surface area contributed by atoms with Crippen molar-refractivity contribution in [2.45, 2.75) is 59.9 Å². The zero-order valence-electron chi connectivity index (χ0n) is 14.1. The highest BCUT2D eigenvalue weighted by molar-refractivity contribution is 5.59. The Kier molecular flexibility index (Phi) is 4.71. The topological polar surface area (TPSA) is 67.1 Å². The van der Waals surface area contributed by atoms with E-state index in [4.69, 9.17) is 10.8 Å². The molecule has 118 valence electrons. The molecule has 0 aliphatic carbocycles. The van der Waals surface area contributed by atoms with E-state index in [2.05, 4.69) is 49.9 Å². The van der Waals surface area contributed by atoms with E-state index in [1.54, 1.807) is 0 Å². The van der Waals surface area contributed by atoms with Gasteiger partial charge in [0.25, 0.3) is 0 Å². The minimum absolute atomic E-state index is 0.284. The first kappa shape index (κ1) is 16.0. The number of nitrogen functional groups attached to an aromatic ring is 1. The minimum atomic E-state index is 0.284. The SMILES string of the molecule is Cc1c(NN)nc(C(C)C)nc1N1CC(C)CC(C)C1C.